The van der Waals surface area contributed by atoms with E-state index in [9.17, 15) is 0 Å². The van der Waals surface area contributed by atoms with Crippen LogP contribution in [0, 0.1) is 0 Å². The van der Waals surface area contributed by atoms with Gasteiger partial charge in [0, 0.05) is 54.3 Å². The fourth-order valence-corrected chi connectivity index (χ4v) is 11.1. The second-order valence-electron chi connectivity index (χ2n) is 17.7. The Labute approximate surface area is 383 Å². The summed E-state index contributed by atoms with van der Waals surface area (Å²) in [6.07, 6.45) is 0. The van der Waals surface area contributed by atoms with E-state index in [2.05, 4.69) is 209 Å². The maximum absolute atomic E-state index is 6.53. The van der Waals surface area contributed by atoms with Crippen molar-refractivity contribution in [3.8, 4) is 34.0 Å². The molecule has 0 aliphatic heterocycles. The highest BCUT2D eigenvalue weighted by molar-refractivity contribution is 6.22. The molecule has 0 saturated carbocycles. The Balaban J connectivity index is 0.996. The van der Waals surface area contributed by atoms with E-state index in [1.165, 1.54) is 54.1 Å². The van der Waals surface area contributed by atoms with Gasteiger partial charge in [0.1, 0.15) is 11.2 Å². The maximum Gasteiger partial charge on any atom is 0.164 e. The molecule has 310 valence electrons. The molecule has 5 heteroatoms. The molecule has 0 atom stereocenters. The molecule has 11 aromatic carbocycles. The van der Waals surface area contributed by atoms with Gasteiger partial charge in [0.2, 0.25) is 0 Å². The lowest BCUT2D eigenvalue weighted by Crippen LogP contribution is -1.99. The van der Waals surface area contributed by atoms with Crippen LogP contribution >= 0.6 is 0 Å². The van der Waals surface area contributed by atoms with Gasteiger partial charge in [0.15, 0.2) is 5.82 Å². The number of hydrogen-bond acceptors (Lipinski definition) is 3. The summed E-state index contributed by atoms with van der Waals surface area (Å²) in [4.78, 5) is 10.7. The minimum atomic E-state index is 0.631. The Morgan fingerprint density at radius 3 is 1.91 bits per heavy atom. The van der Waals surface area contributed by atoms with Gasteiger partial charge >= 0.3 is 0 Å². The topological polar surface area (TPSA) is 48.8 Å². The number of furan rings is 1. The highest BCUT2D eigenvalue weighted by Gasteiger charge is 2.22. The Morgan fingerprint density at radius 1 is 0.343 bits per heavy atom. The Kier molecular flexibility index (Phi) is 7.44. The number of fused-ring (bicyclic) bond motifs is 14. The van der Waals surface area contributed by atoms with Gasteiger partial charge in [-0.05, 0) is 87.6 Å². The number of rotatable bonds is 4. The minimum absolute atomic E-state index is 0.631. The predicted octanol–water partition coefficient (Wildman–Crippen LogP) is 16.5. The van der Waals surface area contributed by atoms with Gasteiger partial charge in [-0.1, -0.05) is 158 Å². The van der Waals surface area contributed by atoms with Crippen molar-refractivity contribution in [3.63, 3.8) is 0 Å². The summed E-state index contributed by atoms with van der Waals surface area (Å²) in [7, 11) is 0. The highest BCUT2D eigenvalue weighted by atomic mass is 16.3. The normalized spacial score (nSPS) is 12.2. The summed E-state index contributed by atoms with van der Waals surface area (Å²) < 4.78 is 11.5. The first-order valence-electron chi connectivity index (χ1n) is 22.8. The number of hydrogen-bond donors (Lipinski definition) is 0. The van der Waals surface area contributed by atoms with E-state index >= 15 is 0 Å². The van der Waals surface area contributed by atoms with E-state index in [0.29, 0.717) is 5.82 Å². The standard InChI is InChI=1S/C62H36N4O/c1-2-16-39-35-56-51(34-38(39)15-1)44-32-31-40(65-54-27-9-6-20-49(54)59-41-17-4-3-14-37(41)30-33-55(59)65)36-57(44)66(56)53-28-13-21-42-43(53)22-11-23-46(42)60-48-19-5-8-26-52(48)63-62(64-60)50-25-12-24-47-45-18-7-10-29-58(45)67-61(47)50/h1-36H. The van der Waals surface area contributed by atoms with E-state index in [1.807, 2.05) is 18.2 Å². The van der Waals surface area contributed by atoms with Crippen LogP contribution in [0.5, 0.6) is 0 Å². The Morgan fingerprint density at radius 2 is 1.01 bits per heavy atom. The molecule has 0 N–H and O–H groups in total. The van der Waals surface area contributed by atoms with Gasteiger partial charge in [-0.2, -0.15) is 0 Å². The molecule has 15 aromatic rings. The molecule has 0 aliphatic rings. The lowest BCUT2D eigenvalue weighted by atomic mass is 9.97. The number of benzene rings is 11. The summed E-state index contributed by atoms with van der Waals surface area (Å²) in [5, 5.41) is 15.2. The number of aromatic nitrogens is 4. The van der Waals surface area contributed by atoms with Crippen molar-refractivity contribution in [2.45, 2.75) is 0 Å². The van der Waals surface area contributed by atoms with Crippen molar-refractivity contribution in [3.05, 3.63) is 218 Å². The molecular weight excluding hydrogens is 817 g/mol. The predicted molar refractivity (Wildman–Crippen MR) is 279 cm³/mol. The fraction of sp³-hybridized carbons (Fsp3) is 0. The Hall–Kier alpha value is -9.06. The monoisotopic (exact) mass is 852 g/mol. The molecule has 0 amide bonds. The number of nitrogens with zero attached hydrogens (tertiary/aromatic N) is 4. The molecule has 5 nitrogen and oxygen atoms in total. The fourth-order valence-electron chi connectivity index (χ4n) is 11.1. The van der Waals surface area contributed by atoms with Gasteiger partial charge < -0.3 is 13.6 Å². The third-order valence-corrected chi connectivity index (χ3v) is 14.1. The van der Waals surface area contributed by atoms with Crippen LogP contribution in [0.3, 0.4) is 0 Å². The van der Waals surface area contributed by atoms with E-state index in [0.717, 1.165) is 82.8 Å². The summed E-state index contributed by atoms with van der Waals surface area (Å²) in [6, 6.07) is 78.7. The molecule has 4 heterocycles. The van der Waals surface area contributed by atoms with Crippen LogP contribution in [-0.4, -0.2) is 19.1 Å². The number of para-hydroxylation sites is 4. The van der Waals surface area contributed by atoms with Crippen molar-refractivity contribution < 1.29 is 4.42 Å². The van der Waals surface area contributed by atoms with Gasteiger partial charge in [-0.25, -0.2) is 9.97 Å². The van der Waals surface area contributed by atoms with E-state index in [-0.39, 0.29) is 0 Å². The molecule has 0 unspecified atom stereocenters. The molecule has 15 rings (SSSR count). The summed E-state index contributed by atoms with van der Waals surface area (Å²) in [6.45, 7) is 0. The lowest BCUT2D eigenvalue weighted by molar-refractivity contribution is 0.669. The average molecular weight is 853 g/mol. The van der Waals surface area contributed by atoms with Crippen LogP contribution in [-0.2, 0) is 0 Å². The van der Waals surface area contributed by atoms with E-state index in [4.69, 9.17) is 14.4 Å². The van der Waals surface area contributed by atoms with Crippen LogP contribution in [0.2, 0.25) is 0 Å². The smallest absolute Gasteiger partial charge is 0.164 e. The molecule has 4 aromatic heterocycles. The third kappa shape index (κ3) is 5.19. The van der Waals surface area contributed by atoms with Gasteiger partial charge in [-0.15, -0.1) is 0 Å². The van der Waals surface area contributed by atoms with Crippen molar-refractivity contribution in [1.82, 2.24) is 19.1 Å². The molecule has 0 fully saturated rings. The quantitative estimate of drug-likeness (QED) is 0.177. The maximum atomic E-state index is 6.53. The first-order valence-corrected chi connectivity index (χ1v) is 22.8. The Bertz CT molecular complexity index is 4590. The SMILES string of the molecule is c1ccc2cc3c(cc2c1)c1ccc(-n2c4ccccc4c4c5ccccc5ccc42)cc1n3-c1cccc2c(-c3nc(-c4cccc5c4oc4ccccc45)nc4ccccc34)cccc12. The van der Waals surface area contributed by atoms with Crippen LogP contribution in [0.4, 0.5) is 0 Å². The van der Waals surface area contributed by atoms with Crippen LogP contribution in [0.1, 0.15) is 0 Å². The first-order chi connectivity index (χ1) is 33.2. The average Bonchev–Trinajstić information content (AvgIpc) is 4.04. The summed E-state index contributed by atoms with van der Waals surface area (Å²) >= 11 is 0. The molecule has 0 saturated heterocycles. The van der Waals surface area contributed by atoms with Gasteiger partial charge in [0.25, 0.3) is 0 Å². The summed E-state index contributed by atoms with van der Waals surface area (Å²) in [5.41, 5.74) is 12.2. The second kappa shape index (κ2) is 13.7. The largest absolute Gasteiger partial charge is 0.455 e. The summed E-state index contributed by atoms with van der Waals surface area (Å²) in [5.74, 6) is 0.631. The second-order valence-corrected chi connectivity index (χ2v) is 17.7. The van der Waals surface area contributed by atoms with E-state index < -0.39 is 0 Å². The van der Waals surface area contributed by atoms with Crippen molar-refractivity contribution in [2.75, 3.05) is 0 Å². The molecule has 0 aliphatic carbocycles. The first kappa shape index (κ1) is 36.3. The van der Waals surface area contributed by atoms with Gasteiger partial charge in [0.05, 0.1) is 44.5 Å². The third-order valence-electron chi connectivity index (χ3n) is 14.1. The highest BCUT2D eigenvalue weighted by Crippen LogP contribution is 2.43. The van der Waals surface area contributed by atoms with Crippen LogP contribution < -0.4 is 0 Å². The minimum Gasteiger partial charge on any atom is -0.455 e. The zero-order valence-corrected chi connectivity index (χ0v) is 36.0. The van der Waals surface area contributed by atoms with Gasteiger partial charge in [-0.3, -0.25) is 0 Å². The molecule has 0 spiro atoms. The molecule has 0 radical (unpaired) electrons. The zero-order valence-electron chi connectivity index (χ0n) is 36.0. The van der Waals surface area contributed by atoms with Crippen LogP contribution in [0.25, 0.3) is 143 Å². The van der Waals surface area contributed by atoms with Crippen molar-refractivity contribution in [1.29, 1.82) is 0 Å². The molecular formula is C62H36N4O. The van der Waals surface area contributed by atoms with Crippen molar-refractivity contribution in [2.24, 2.45) is 0 Å². The lowest BCUT2D eigenvalue weighted by Gasteiger charge is -2.16. The van der Waals surface area contributed by atoms with Crippen molar-refractivity contribution >= 4 is 109 Å². The van der Waals surface area contributed by atoms with Crippen LogP contribution in [0.15, 0.2) is 223 Å². The zero-order chi connectivity index (χ0) is 43.7. The molecule has 0 bridgehead atoms. The van der Waals surface area contributed by atoms with E-state index in [1.54, 1.807) is 0 Å². The molecule has 67 heavy (non-hydrogen) atoms.